The average Bonchev–Trinajstić information content (AvgIpc) is 2.95. The fourth-order valence-electron chi connectivity index (χ4n) is 2.20. The van der Waals surface area contributed by atoms with E-state index in [9.17, 15) is 9.18 Å². The third-order valence-electron chi connectivity index (χ3n) is 3.17. The SMILES string of the molecule is CCc1cn2c(C(C)=O)c(-c3ccc(F)cc3)nc2s1. The summed E-state index contributed by atoms with van der Waals surface area (Å²) in [5.41, 5.74) is 1.93. The lowest BCUT2D eigenvalue weighted by Gasteiger charge is -2.01. The molecule has 0 aliphatic heterocycles. The molecule has 20 heavy (non-hydrogen) atoms. The molecular formula is C15H13FN2OS. The Balaban J connectivity index is 2.24. The van der Waals surface area contributed by atoms with Crippen molar-refractivity contribution in [1.82, 2.24) is 9.38 Å². The van der Waals surface area contributed by atoms with Crippen molar-refractivity contribution in [1.29, 1.82) is 0 Å². The van der Waals surface area contributed by atoms with Crippen molar-refractivity contribution in [3.63, 3.8) is 0 Å². The summed E-state index contributed by atoms with van der Waals surface area (Å²) >= 11 is 1.57. The maximum atomic E-state index is 13.0. The van der Waals surface area contributed by atoms with E-state index in [0.717, 1.165) is 16.9 Å². The number of nitrogens with zero attached hydrogens (tertiary/aromatic N) is 2. The predicted octanol–water partition coefficient (Wildman–Crippen LogP) is 3.97. The van der Waals surface area contributed by atoms with Crippen LogP contribution in [0.5, 0.6) is 0 Å². The molecule has 0 atom stereocenters. The second-order valence-corrected chi connectivity index (χ2v) is 5.67. The van der Waals surface area contributed by atoms with Crippen molar-refractivity contribution in [2.24, 2.45) is 0 Å². The zero-order chi connectivity index (χ0) is 14.3. The maximum absolute atomic E-state index is 13.0. The topological polar surface area (TPSA) is 34.4 Å². The number of carbonyl (C=O) groups is 1. The van der Waals surface area contributed by atoms with Gasteiger partial charge in [-0.2, -0.15) is 0 Å². The van der Waals surface area contributed by atoms with Gasteiger partial charge in [0.15, 0.2) is 10.7 Å². The fraction of sp³-hybridized carbons (Fsp3) is 0.200. The molecule has 0 aliphatic rings. The number of hydrogen-bond acceptors (Lipinski definition) is 3. The van der Waals surface area contributed by atoms with Crippen molar-refractivity contribution in [2.75, 3.05) is 0 Å². The van der Waals surface area contributed by atoms with Gasteiger partial charge in [-0.3, -0.25) is 9.20 Å². The largest absolute Gasteiger partial charge is 0.293 e. The quantitative estimate of drug-likeness (QED) is 0.683. The lowest BCUT2D eigenvalue weighted by atomic mass is 10.1. The van der Waals surface area contributed by atoms with E-state index in [0.29, 0.717) is 11.4 Å². The minimum atomic E-state index is -0.299. The van der Waals surface area contributed by atoms with Crippen molar-refractivity contribution in [2.45, 2.75) is 20.3 Å². The van der Waals surface area contributed by atoms with E-state index in [1.807, 2.05) is 10.6 Å². The third-order valence-corrected chi connectivity index (χ3v) is 4.30. The van der Waals surface area contributed by atoms with Gasteiger partial charge in [-0.1, -0.05) is 6.92 Å². The van der Waals surface area contributed by atoms with Crippen molar-refractivity contribution in [3.05, 3.63) is 46.9 Å². The molecular weight excluding hydrogens is 275 g/mol. The summed E-state index contributed by atoms with van der Waals surface area (Å²) in [4.78, 5) is 18.5. The first-order chi connectivity index (χ1) is 9.60. The van der Waals surface area contributed by atoms with Gasteiger partial charge in [0, 0.05) is 23.6 Å². The van der Waals surface area contributed by atoms with Crippen LogP contribution in [-0.2, 0) is 6.42 Å². The highest BCUT2D eigenvalue weighted by molar-refractivity contribution is 7.17. The van der Waals surface area contributed by atoms with Crippen LogP contribution in [0.2, 0.25) is 0 Å². The number of carbonyl (C=O) groups excluding carboxylic acids is 1. The summed E-state index contributed by atoms with van der Waals surface area (Å²) in [5, 5.41) is 0. The Morgan fingerprint density at radius 3 is 2.65 bits per heavy atom. The van der Waals surface area contributed by atoms with Gasteiger partial charge in [0.05, 0.1) is 0 Å². The molecule has 0 radical (unpaired) electrons. The highest BCUT2D eigenvalue weighted by atomic mass is 32.1. The summed E-state index contributed by atoms with van der Waals surface area (Å²) in [6, 6.07) is 6.05. The predicted molar refractivity (Wildman–Crippen MR) is 77.8 cm³/mol. The Morgan fingerprint density at radius 1 is 1.35 bits per heavy atom. The molecule has 1 aromatic carbocycles. The smallest absolute Gasteiger partial charge is 0.195 e. The monoisotopic (exact) mass is 288 g/mol. The lowest BCUT2D eigenvalue weighted by molar-refractivity contribution is 0.101. The number of thiazole rings is 1. The number of aromatic nitrogens is 2. The van der Waals surface area contributed by atoms with Crippen LogP contribution in [0.25, 0.3) is 16.2 Å². The van der Waals surface area contributed by atoms with Gasteiger partial charge in [0.1, 0.15) is 17.2 Å². The number of benzene rings is 1. The molecule has 0 N–H and O–H groups in total. The molecule has 2 aromatic heterocycles. The fourth-order valence-corrected chi connectivity index (χ4v) is 3.12. The third kappa shape index (κ3) is 2.04. The summed E-state index contributed by atoms with van der Waals surface area (Å²) < 4.78 is 14.9. The molecule has 0 saturated carbocycles. The second kappa shape index (κ2) is 4.83. The summed E-state index contributed by atoms with van der Waals surface area (Å²) in [5.74, 6) is -0.343. The number of halogens is 1. The van der Waals surface area contributed by atoms with Crippen LogP contribution in [0.4, 0.5) is 4.39 Å². The van der Waals surface area contributed by atoms with Gasteiger partial charge in [0.2, 0.25) is 0 Å². The van der Waals surface area contributed by atoms with Gasteiger partial charge in [-0.15, -0.1) is 11.3 Å². The summed E-state index contributed by atoms with van der Waals surface area (Å²) in [7, 11) is 0. The number of ketones is 1. The molecule has 0 aliphatic carbocycles. The van der Waals surface area contributed by atoms with Crippen molar-refractivity contribution < 1.29 is 9.18 Å². The van der Waals surface area contributed by atoms with Crippen LogP contribution in [0.3, 0.4) is 0 Å². The first kappa shape index (κ1) is 13.0. The lowest BCUT2D eigenvalue weighted by Crippen LogP contribution is -1.99. The number of rotatable bonds is 3. The second-order valence-electron chi connectivity index (χ2n) is 4.58. The Kier molecular flexibility index (Phi) is 3.14. The van der Waals surface area contributed by atoms with Crippen LogP contribution < -0.4 is 0 Å². The molecule has 3 rings (SSSR count). The van der Waals surface area contributed by atoms with Gasteiger partial charge >= 0.3 is 0 Å². The molecule has 102 valence electrons. The summed E-state index contributed by atoms with van der Waals surface area (Å²) in [6.45, 7) is 3.60. The Morgan fingerprint density at radius 2 is 2.05 bits per heavy atom. The Bertz CT molecular complexity index is 786. The van der Waals surface area contributed by atoms with Gasteiger partial charge in [-0.05, 0) is 30.7 Å². The highest BCUT2D eigenvalue weighted by Gasteiger charge is 2.19. The molecule has 2 heterocycles. The molecule has 0 spiro atoms. The molecule has 0 bridgehead atoms. The van der Waals surface area contributed by atoms with Gasteiger partial charge in [-0.25, -0.2) is 9.37 Å². The van der Waals surface area contributed by atoms with E-state index in [1.54, 1.807) is 23.5 Å². The van der Waals surface area contributed by atoms with E-state index in [2.05, 4.69) is 11.9 Å². The number of Topliss-reactive ketones (excluding diaryl/α,β-unsaturated/α-hetero) is 1. The number of fused-ring (bicyclic) bond motifs is 1. The average molecular weight is 288 g/mol. The Labute approximate surface area is 119 Å². The number of hydrogen-bond donors (Lipinski definition) is 0. The zero-order valence-electron chi connectivity index (χ0n) is 11.2. The van der Waals surface area contributed by atoms with Crippen LogP contribution in [0.1, 0.15) is 29.2 Å². The molecule has 0 saturated heterocycles. The van der Waals surface area contributed by atoms with Crippen LogP contribution in [0.15, 0.2) is 30.5 Å². The highest BCUT2D eigenvalue weighted by Crippen LogP contribution is 2.29. The first-order valence-electron chi connectivity index (χ1n) is 6.37. The standard InChI is InChI=1S/C15H13FN2OS/c1-3-12-8-18-14(9(2)19)13(17-15(18)20-12)10-4-6-11(16)7-5-10/h4-8H,3H2,1-2H3. The molecule has 5 heteroatoms. The van der Waals surface area contributed by atoms with Crippen LogP contribution >= 0.6 is 11.3 Å². The first-order valence-corrected chi connectivity index (χ1v) is 7.19. The van der Waals surface area contributed by atoms with E-state index >= 15 is 0 Å². The summed E-state index contributed by atoms with van der Waals surface area (Å²) in [6.07, 6.45) is 2.87. The van der Waals surface area contributed by atoms with Crippen molar-refractivity contribution >= 4 is 22.1 Å². The van der Waals surface area contributed by atoms with Crippen LogP contribution in [-0.4, -0.2) is 15.2 Å². The number of aryl methyl sites for hydroxylation is 1. The molecule has 3 aromatic rings. The molecule has 0 fully saturated rings. The Hall–Kier alpha value is -2.01. The molecule has 0 unspecified atom stereocenters. The molecule has 3 nitrogen and oxygen atoms in total. The van der Waals surface area contributed by atoms with E-state index in [4.69, 9.17) is 0 Å². The molecule has 0 amide bonds. The van der Waals surface area contributed by atoms with Gasteiger partial charge in [0.25, 0.3) is 0 Å². The minimum Gasteiger partial charge on any atom is -0.293 e. The number of imidazole rings is 1. The van der Waals surface area contributed by atoms with Crippen LogP contribution in [0, 0.1) is 5.82 Å². The van der Waals surface area contributed by atoms with Crippen molar-refractivity contribution in [3.8, 4) is 11.3 Å². The van der Waals surface area contributed by atoms with E-state index in [-0.39, 0.29) is 11.6 Å². The van der Waals surface area contributed by atoms with Gasteiger partial charge < -0.3 is 0 Å². The zero-order valence-corrected chi connectivity index (χ0v) is 12.0. The van der Waals surface area contributed by atoms with E-state index < -0.39 is 0 Å². The van der Waals surface area contributed by atoms with E-state index in [1.165, 1.54) is 23.9 Å². The normalized spacial score (nSPS) is 11.2. The minimum absolute atomic E-state index is 0.0442. The maximum Gasteiger partial charge on any atom is 0.195 e.